The molecule has 0 bridgehead atoms. The molecule has 2 amide bonds. The molecule has 0 aliphatic carbocycles. The Labute approximate surface area is 167 Å². The second-order valence-electron chi connectivity index (χ2n) is 6.63. The SMILES string of the molecule is NC(=O)C1Cc2ccccc2CN1C(=O)c1cnc(-c2ccc(Cl)cc2)nc1. The van der Waals surface area contributed by atoms with Crippen molar-refractivity contribution < 1.29 is 9.59 Å². The van der Waals surface area contributed by atoms with Crippen LogP contribution < -0.4 is 5.73 Å². The number of halogens is 1. The summed E-state index contributed by atoms with van der Waals surface area (Å²) >= 11 is 5.90. The Balaban J connectivity index is 1.61. The Morgan fingerprint density at radius 3 is 2.29 bits per heavy atom. The molecule has 3 aromatic rings. The quantitative estimate of drug-likeness (QED) is 0.742. The predicted octanol–water partition coefficient (Wildman–Crippen LogP) is 2.85. The van der Waals surface area contributed by atoms with E-state index in [2.05, 4.69) is 9.97 Å². The van der Waals surface area contributed by atoms with E-state index in [4.69, 9.17) is 17.3 Å². The molecule has 28 heavy (non-hydrogen) atoms. The molecule has 4 rings (SSSR count). The van der Waals surface area contributed by atoms with Crippen LogP contribution in [-0.2, 0) is 17.8 Å². The lowest BCUT2D eigenvalue weighted by atomic mass is 9.93. The zero-order valence-electron chi connectivity index (χ0n) is 14.9. The number of rotatable bonds is 3. The molecule has 0 spiro atoms. The van der Waals surface area contributed by atoms with Gasteiger partial charge in [0, 0.05) is 35.9 Å². The van der Waals surface area contributed by atoms with Crippen molar-refractivity contribution in [2.24, 2.45) is 5.73 Å². The van der Waals surface area contributed by atoms with Crippen molar-refractivity contribution in [3.63, 3.8) is 0 Å². The number of hydrogen-bond donors (Lipinski definition) is 1. The summed E-state index contributed by atoms with van der Waals surface area (Å²) < 4.78 is 0. The summed E-state index contributed by atoms with van der Waals surface area (Å²) in [6.07, 6.45) is 3.34. The smallest absolute Gasteiger partial charge is 0.257 e. The molecule has 7 heteroatoms. The molecule has 2 heterocycles. The van der Waals surface area contributed by atoms with Crippen LogP contribution >= 0.6 is 11.6 Å². The lowest BCUT2D eigenvalue weighted by Crippen LogP contribution is -2.51. The molecule has 0 saturated heterocycles. The topological polar surface area (TPSA) is 89.2 Å². The van der Waals surface area contributed by atoms with Crippen LogP contribution in [-0.4, -0.2) is 32.7 Å². The Kier molecular flexibility index (Phi) is 4.79. The first-order valence-electron chi connectivity index (χ1n) is 8.78. The highest BCUT2D eigenvalue weighted by molar-refractivity contribution is 6.30. The molecule has 1 aliphatic rings. The number of nitrogens with two attached hydrogens (primary N) is 1. The van der Waals surface area contributed by atoms with E-state index in [1.165, 1.54) is 17.3 Å². The fourth-order valence-electron chi connectivity index (χ4n) is 3.34. The second-order valence-corrected chi connectivity index (χ2v) is 7.06. The van der Waals surface area contributed by atoms with Gasteiger partial charge in [-0.2, -0.15) is 0 Å². The largest absolute Gasteiger partial charge is 0.368 e. The van der Waals surface area contributed by atoms with Gasteiger partial charge in [-0.1, -0.05) is 35.9 Å². The van der Waals surface area contributed by atoms with Gasteiger partial charge in [0.15, 0.2) is 5.82 Å². The van der Waals surface area contributed by atoms with Gasteiger partial charge in [-0.3, -0.25) is 9.59 Å². The molecule has 2 aromatic carbocycles. The fraction of sp³-hybridized carbons (Fsp3) is 0.143. The first-order chi connectivity index (χ1) is 13.5. The van der Waals surface area contributed by atoms with E-state index in [0.29, 0.717) is 29.4 Å². The van der Waals surface area contributed by atoms with Crippen LogP contribution in [0.1, 0.15) is 21.5 Å². The average Bonchev–Trinajstić information content (AvgIpc) is 2.73. The maximum absolute atomic E-state index is 13.0. The minimum Gasteiger partial charge on any atom is -0.368 e. The standard InChI is InChI=1S/C21H17ClN4O2/c22-17-7-5-13(6-8-17)20-24-10-16(11-25-20)21(28)26-12-15-4-2-1-3-14(15)9-18(26)19(23)27/h1-8,10-11,18H,9,12H2,(H2,23,27). The number of primary amides is 1. The van der Waals surface area contributed by atoms with E-state index < -0.39 is 11.9 Å². The molecule has 0 fully saturated rings. The monoisotopic (exact) mass is 392 g/mol. The van der Waals surface area contributed by atoms with E-state index in [0.717, 1.165) is 16.7 Å². The number of aromatic nitrogens is 2. The molecule has 0 radical (unpaired) electrons. The van der Waals surface area contributed by atoms with E-state index in [-0.39, 0.29) is 5.91 Å². The third kappa shape index (κ3) is 3.46. The fourth-order valence-corrected chi connectivity index (χ4v) is 3.47. The van der Waals surface area contributed by atoms with E-state index in [9.17, 15) is 9.59 Å². The molecule has 140 valence electrons. The van der Waals surface area contributed by atoms with Crippen LogP contribution in [0.25, 0.3) is 11.4 Å². The number of carbonyl (C=O) groups is 2. The number of fused-ring (bicyclic) bond motifs is 1. The molecule has 1 unspecified atom stereocenters. The van der Waals surface area contributed by atoms with Crippen molar-refractivity contribution in [3.8, 4) is 11.4 Å². The first-order valence-corrected chi connectivity index (χ1v) is 9.16. The Bertz CT molecular complexity index is 1040. The van der Waals surface area contributed by atoms with Gasteiger partial charge in [-0.15, -0.1) is 0 Å². The molecule has 1 aliphatic heterocycles. The van der Waals surface area contributed by atoms with E-state index in [1.54, 1.807) is 12.1 Å². The summed E-state index contributed by atoms with van der Waals surface area (Å²) in [4.78, 5) is 35.1. The van der Waals surface area contributed by atoms with Crippen molar-refractivity contribution in [3.05, 3.63) is 82.6 Å². The zero-order chi connectivity index (χ0) is 19.7. The van der Waals surface area contributed by atoms with Crippen LogP contribution in [0.4, 0.5) is 0 Å². The zero-order valence-corrected chi connectivity index (χ0v) is 15.6. The molecule has 0 saturated carbocycles. The first kappa shape index (κ1) is 18.1. The molecular formula is C21H17ClN4O2. The predicted molar refractivity (Wildman–Crippen MR) is 105 cm³/mol. The molecule has 2 N–H and O–H groups in total. The van der Waals surface area contributed by atoms with E-state index in [1.807, 2.05) is 36.4 Å². The number of hydrogen-bond acceptors (Lipinski definition) is 4. The van der Waals surface area contributed by atoms with Crippen molar-refractivity contribution in [1.29, 1.82) is 0 Å². The molecular weight excluding hydrogens is 376 g/mol. The Morgan fingerprint density at radius 2 is 1.64 bits per heavy atom. The minimum atomic E-state index is -0.696. The Hall–Kier alpha value is -3.25. The normalized spacial score (nSPS) is 15.8. The van der Waals surface area contributed by atoms with Gasteiger partial charge in [-0.25, -0.2) is 9.97 Å². The van der Waals surface area contributed by atoms with Crippen LogP contribution in [0, 0.1) is 0 Å². The van der Waals surface area contributed by atoms with Gasteiger partial charge in [0.05, 0.1) is 5.56 Å². The molecule has 1 aromatic heterocycles. The number of amides is 2. The van der Waals surface area contributed by atoms with Crippen molar-refractivity contribution in [2.75, 3.05) is 0 Å². The summed E-state index contributed by atoms with van der Waals surface area (Å²) in [6, 6.07) is 14.2. The summed E-state index contributed by atoms with van der Waals surface area (Å²) in [5.74, 6) is -0.355. The summed E-state index contributed by atoms with van der Waals surface area (Å²) in [5.41, 5.74) is 8.71. The Morgan fingerprint density at radius 1 is 1.00 bits per heavy atom. The summed E-state index contributed by atoms with van der Waals surface area (Å²) in [7, 11) is 0. The van der Waals surface area contributed by atoms with Crippen molar-refractivity contribution >= 4 is 23.4 Å². The maximum atomic E-state index is 13.0. The lowest BCUT2D eigenvalue weighted by Gasteiger charge is -2.35. The second kappa shape index (κ2) is 7.40. The van der Waals surface area contributed by atoms with Gasteiger partial charge >= 0.3 is 0 Å². The van der Waals surface area contributed by atoms with Gasteiger partial charge in [0.1, 0.15) is 6.04 Å². The van der Waals surface area contributed by atoms with Crippen LogP contribution in [0.3, 0.4) is 0 Å². The molecule has 1 atom stereocenters. The number of benzene rings is 2. The van der Waals surface area contributed by atoms with E-state index >= 15 is 0 Å². The van der Waals surface area contributed by atoms with Gasteiger partial charge in [-0.05, 0) is 35.4 Å². The highest BCUT2D eigenvalue weighted by atomic mass is 35.5. The summed E-state index contributed by atoms with van der Waals surface area (Å²) in [6.45, 7) is 0.321. The van der Waals surface area contributed by atoms with Gasteiger partial charge < -0.3 is 10.6 Å². The highest BCUT2D eigenvalue weighted by Gasteiger charge is 2.34. The summed E-state index contributed by atoms with van der Waals surface area (Å²) in [5, 5.41) is 0.624. The maximum Gasteiger partial charge on any atom is 0.257 e. The lowest BCUT2D eigenvalue weighted by molar-refractivity contribution is -0.122. The highest BCUT2D eigenvalue weighted by Crippen LogP contribution is 2.25. The van der Waals surface area contributed by atoms with Crippen LogP contribution in [0.15, 0.2) is 60.9 Å². The average molecular weight is 393 g/mol. The number of carbonyl (C=O) groups excluding carboxylic acids is 2. The third-order valence-corrected chi connectivity index (χ3v) is 5.09. The number of nitrogens with zero attached hydrogens (tertiary/aromatic N) is 3. The van der Waals surface area contributed by atoms with Gasteiger partial charge in [0.2, 0.25) is 5.91 Å². The van der Waals surface area contributed by atoms with Crippen LogP contribution in [0.2, 0.25) is 5.02 Å². The van der Waals surface area contributed by atoms with Crippen LogP contribution in [0.5, 0.6) is 0 Å². The van der Waals surface area contributed by atoms with Crippen molar-refractivity contribution in [2.45, 2.75) is 19.0 Å². The van der Waals surface area contributed by atoms with Crippen molar-refractivity contribution in [1.82, 2.24) is 14.9 Å². The minimum absolute atomic E-state index is 0.309. The third-order valence-electron chi connectivity index (χ3n) is 4.84. The molecule has 6 nitrogen and oxygen atoms in total. The van der Waals surface area contributed by atoms with Gasteiger partial charge in [0.25, 0.3) is 5.91 Å².